The second-order valence-electron chi connectivity index (χ2n) is 4.91. The number of para-hydroxylation sites is 2. The van der Waals surface area contributed by atoms with Crippen LogP contribution in [0.4, 0.5) is 4.39 Å². The zero-order chi connectivity index (χ0) is 16.3. The Morgan fingerprint density at radius 3 is 2.48 bits per heavy atom. The lowest BCUT2D eigenvalue weighted by atomic mass is 10.3. The first kappa shape index (κ1) is 17.6. The average molecular weight is 335 g/mol. The van der Waals surface area contributed by atoms with Gasteiger partial charge in [-0.05, 0) is 55.1 Å². The number of ether oxygens (including phenoxy) is 2. The quantitative estimate of drug-likeness (QED) is 0.525. The molecule has 0 heterocycles. The Morgan fingerprint density at radius 2 is 1.74 bits per heavy atom. The minimum atomic E-state index is -0.189. The second-order valence-corrected chi connectivity index (χ2v) is 6.07. The van der Waals surface area contributed by atoms with Gasteiger partial charge < -0.3 is 14.8 Å². The average Bonchev–Trinajstić information content (AvgIpc) is 2.59. The minimum absolute atomic E-state index is 0.189. The van der Waals surface area contributed by atoms with Crippen molar-refractivity contribution < 1.29 is 13.9 Å². The van der Waals surface area contributed by atoms with Crippen LogP contribution in [0.3, 0.4) is 0 Å². The fourth-order valence-corrected chi connectivity index (χ4v) is 2.87. The molecule has 0 spiro atoms. The molecule has 0 aliphatic carbocycles. The SMILES string of the molecule is COc1ccccc1OCCNCCCSc1ccc(F)cc1. The third-order valence-electron chi connectivity index (χ3n) is 3.19. The Kier molecular flexibility index (Phi) is 7.77. The van der Waals surface area contributed by atoms with Crippen molar-refractivity contribution in [3.05, 3.63) is 54.3 Å². The van der Waals surface area contributed by atoms with Gasteiger partial charge in [-0.25, -0.2) is 4.39 Å². The molecule has 5 heteroatoms. The van der Waals surface area contributed by atoms with E-state index < -0.39 is 0 Å². The summed E-state index contributed by atoms with van der Waals surface area (Å²) in [5, 5.41) is 3.35. The normalized spacial score (nSPS) is 10.5. The van der Waals surface area contributed by atoms with Crippen LogP contribution >= 0.6 is 11.8 Å². The van der Waals surface area contributed by atoms with Crippen molar-refractivity contribution in [3.63, 3.8) is 0 Å². The van der Waals surface area contributed by atoms with Crippen molar-refractivity contribution in [3.8, 4) is 11.5 Å². The van der Waals surface area contributed by atoms with Gasteiger partial charge >= 0.3 is 0 Å². The van der Waals surface area contributed by atoms with E-state index in [1.54, 1.807) is 18.9 Å². The molecule has 2 rings (SSSR count). The number of halogens is 1. The van der Waals surface area contributed by atoms with E-state index in [0.717, 1.165) is 41.7 Å². The number of benzene rings is 2. The van der Waals surface area contributed by atoms with Gasteiger partial charge in [0.1, 0.15) is 12.4 Å². The molecule has 0 aliphatic heterocycles. The van der Waals surface area contributed by atoms with Crippen LogP contribution in [0.5, 0.6) is 11.5 Å². The van der Waals surface area contributed by atoms with Gasteiger partial charge in [0, 0.05) is 11.4 Å². The molecule has 0 aromatic heterocycles. The van der Waals surface area contributed by atoms with Gasteiger partial charge in [-0.2, -0.15) is 0 Å². The summed E-state index contributed by atoms with van der Waals surface area (Å²) in [6.45, 7) is 2.33. The van der Waals surface area contributed by atoms with Crippen LogP contribution in [0.25, 0.3) is 0 Å². The van der Waals surface area contributed by atoms with Gasteiger partial charge in [-0.15, -0.1) is 11.8 Å². The van der Waals surface area contributed by atoms with E-state index in [1.165, 1.54) is 12.1 Å². The van der Waals surface area contributed by atoms with Crippen LogP contribution in [0.1, 0.15) is 6.42 Å². The van der Waals surface area contributed by atoms with Crippen LogP contribution < -0.4 is 14.8 Å². The highest BCUT2D eigenvalue weighted by Crippen LogP contribution is 2.25. The van der Waals surface area contributed by atoms with Gasteiger partial charge in [-0.3, -0.25) is 0 Å². The molecule has 0 atom stereocenters. The molecule has 0 bridgehead atoms. The van der Waals surface area contributed by atoms with Crippen molar-refractivity contribution in [1.82, 2.24) is 5.32 Å². The van der Waals surface area contributed by atoms with Gasteiger partial charge in [0.2, 0.25) is 0 Å². The third kappa shape index (κ3) is 6.50. The number of hydrogen-bond donors (Lipinski definition) is 1. The molecular formula is C18H22FNO2S. The van der Waals surface area contributed by atoms with Crippen LogP contribution in [-0.2, 0) is 0 Å². The lowest BCUT2D eigenvalue weighted by Crippen LogP contribution is -2.22. The lowest BCUT2D eigenvalue weighted by Gasteiger charge is -2.10. The summed E-state index contributed by atoms with van der Waals surface area (Å²) in [4.78, 5) is 1.10. The Labute approximate surface area is 141 Å². The molecular weight excluding hydrogens is 313 g/mol. The summed E-state index contributed by atoms with van der Waals surface area (Å²) in [5.41, 5.74) is 0. The van der Waals surface area contributed by atoms with E-state index in [2.05, 4.69) is 5.32 Å². The molecule has 1 N–H and O–H groups in total. The number of methoxy groups -OCH3 is 1. The number of nitrogens with one attached hydrogen (secondary N) is 1. The van der Waals surface area contributed by atoms with Crippen molar-refractivity contribution in [2.45, 2.75) is 11.3 Å². The van der Waals surface area contributed by atoms with E-state index in [-0.39, 0.29) is 5.82 Å². The highest BCUT2D eigenvalue weighted by Gasteiger charge is 2.01. The molecule has 0 radical (unpaired) electrons. The van der Waals surface area contributed by atoms with Crippen LogP contribution in [0.15, 0.2) is 53.4 Å². The highest BCUT2D eigenvalue weighted by molar-refractivity contribution is 7.99. The van der Waals surface area contributed by atoms with E-state index in [0.29, 0.717) is 6.61 Å². The molecule has 0 saturated heterocycles. The summed E-state index contributed by atoms with van der Waals surface area (Å²) >= 11 is 1.74. The monoisotopic (exact) mass is 335 g/mol. The molecule has 124 valence electrons. The summed E-state index contributed by atoms with van der Waals surface area (Å²) in [7, 11) is 1.64. The molecule has 3 nitrogen and oxygen atoms in total. The van der Waals surface area contributed by atoms with E-state index in [4.69, 9.17) is 9.47 Å². The summed E-state index contributed by atoms with van der Waals surface area (Å²) in [6, 6.07) is 14.3. The largest absolute Gasteiger partial charge is 0.493 e. The fraction of sp³-hybridized carbons (Fsp3) is 0.333. The zero-order valence-electron chi connectivity index (χ0n) is 13.3. The first-order valence-corrected chi connectivity index (χ1v) is 8.63. The van der Waals surface area contributed by atoms with Gasteiger partial charge in [0.25, 0.3) is 0 Å². The summed E-state index contributed by atoms with van der Waals surface area (Å²) < 4.78 is 23.7. The Balaban J connectivity index is 1.52. The van der Waals surface area contributed by atoms with Crippen molar-refractivity contribution >= 4 is 11.8 Å². The number of rotatable bonds is 10. The van der Waals surface area contributed by atoms with Gasteiger partial charge in [0.05, 0.1) is 7.11 Å². The smallest absolute Gasteiger partial charge is 0.161 e. The molecule has 0 amide bonds. The maximum absolute atomic E-state index is 12.8. The maximum Gasteiger partial charge on any atom is 0.161 e. The van der Waals surface area contributed by atoms with Crippen LogP contribution in [0.2, 0.25) is 0 Å². The van der Waals surface area contributed by atoms with E-state index in [9.17, 15) is 4.39 Å². The number of thioether (sulfide) groups is 1. The molecule has 2 aromatic carbocycles. The maximum atomic E-state index is 12.8. The Bertz CT molecular complexity index is 577. The molecule has 0 unspecified atom stereocenters. The molecule has 2 aromatic rings. The van der Waals surface area contributed by atoms with E-state index in [1.807, 2.05) is 36.4 Å². The Hall–Kier alpha value is -1.72. The summed E-state index contributed by atoms with van der Waals surface area (Å²) in [6.07, 6.45) is 1.05. The summed E-state index contributed by atoms with van der Waals surface area (Å²) in [5.74, 6) is 2.34. The topological polar surface area (TPSA) is 30.5 Å². The molecule has 0 saturated carbocycles. The molecule has 0 fully saturated rings. The fourth-order valence-electron chi connectivity index (χ4n) is 2.01. The molecule has 23 heavy (non-hydrogen) atoms. The first-order chi connectivity index (χ1) is 11.3. The van der Waals surface area contributed by atoms with E-state index >= 15 is 0 Å². The van der Waals surface area contributed by atoms with Crippen molar-refractivity contribution in [2.24, 2.45) is 0 Å². The standard InChI is InChI=1S/C18H22FNO2S/c1-21-17-5-2-3-6-18(17)22-13-12-20-11-4-14-23-16-9-7-15(19)8-10-16/h2-3,5-10,20H,4,11-14H2,1H3. The van der Waals surface area contributed by atoms with Crippen molar-refractivity contribution in [1.29, 1.82) is 0 Å². The highest BCUT2D eigenvalue weighted by atomic mass is 32.2. The Morgan fingerprint density at radius 1 is 1.00 bits per heavy atom. The third-order valence-corrected chi connectivity index (χ3v) is 4.28. The lowest BCUT2D eigenvalue weighted by molar-refractivity contribution is 0.292. The second kappa shape index (κ2) is 10.1. The van der Waals surface area contributed by atoms with Gasteiger partial charge in [0.15, 0.2) is 11.5 Å². The zero-order valence-corrected chi connectivity index (χ0v) is 14.1. The first-order valence-electron chi connectivity index (χ1n) is 7.64. The van der Waals surface area contributed by atoms with Gasteiger partial charge in [-0.1, -0.05) is 12.1 Å². The van der Waals surface area contributed by atoms with Crippen LogP contribution in [-0.4, -0.2) is 32.6 Å². The minimum Gasteiger partial charge on any atom is -0.493 e. The van der Waals surface area contributed by atoms with Crippen molar-refractivity contribution in [2.75, 3.05) is 32.6 Å². The predicted molar refractivity (Wildman–Crippen MR) is 93.1 cm³/mol. The molecule has 0 aliphatic rings. The van der Waals surface area contributed by atoms with Crippen LogP contribution in [0, 0.1) is 5.82 Å². The number of hydrogen-bond acceptors (Lipinski definition) is 4. The predicted octanol–water partition coefficient (Wildman–Crippen LogP) is 3.99.